The zero-order chi connectivity index (χ0) is 13.1. The second-order valence-electron chi connectivity index (χ2n) is 3.99. The molecule has 2 heterocycles. The van der Waals surface area contributed by atoms with Crippen LogP contribution in [0.4, 0.5) is 0 Å². The molecule has 2 aromatic rings. The van der Waals surface area contributed by atoms with Gasteiger partial charge in [0.15, 0.2) is 0 Å². The van der Waals surface area contributed by atoms with Crippen molar-refractivity contribution in [1.29, 1.82) is 0 Å². The Balaban J connectivity index is 2.13. The highest BCUT2D eigenvalue weighted by Crippen LogP contribution is 2.35. The number of hydrogen-bond donors (Lipinski definition) is 1. The van der Waals surface area contributed by atoms with E-state index in [4.69, 9.17) is 5.73 Å². The minimum atomic E-state index is -0.0678. The van der Waals surface area contributed by atoms with Crippen molar-refractivity contribution in [3.8, 4) is 0 Å². The number of nitrogens with two attached hydrogens (primary N) is 1. The molecule has 0 aliphatic rings. The van der Waals surface area contributed by atoms with E-state index in [1.165, 1.54) is 0 Å². The summed E-state index contributed by atoms with van der Waals surface area (Å²) in [5.74, 6) is 0.943. The molecule has 4 nitrogen and oxygen atoms in total. The van der Waals surface area contributed by atoms with E-state index in [1.807, 2.05) is 4.68 Å². The fraction of sp³-hybridized carbons (Fsp3) is 0.455. The summed E-state index contributed by atoms with van der Waals surface area (Å²) in [6.07, 6.45) is 3.33. The Morgan fingerprint density at radius 3 is 2.89 bits per heavy atom. The molecular weight excluding hydrogens is 380 g/mol. The molecule has 0 aromatic carbocycles. The lowest BCUT2D eigenvalue weighted by atomic mass is 10.1. The quantitative estimate of drug-likeness (QED) is 0.845. The lowest BCUT2D eigenvalue weighted by Gasteiger charge is -2.11. The SMILES string of the molecule is CCCn1ncnc1CC(N)c1cc(Br)sc1Br. The van der Waals surface area contributed by atoms with Gasteiger partial charge >= 0.3 is 0 Å². The van der Waals surface area contributed by atoms with Crippen molar-refractivity contribution in [2.45, 2.75) is 32.4 Å². The molecule has 0 aliphatic heterocycles. The largest absolute Gasteiger partial charge is 0.324 e. The van der Waals surface area contributed by atoms with E-state index in [0.29, 0.717) is 6.42 Å². The van der Waals surface area contributed by atoms with Gasteiger partial charge in [0.2, 0.25) is 0 Å². The number of aryl methyl sites for hydroxylation is 1. The molecule has 2 rings (SSSR count). The second kappa shape index (κ2) is 6.27. The predicted octanol–water partition coefficient (Wildman–Crippen LogP) is 3.52. The first-order chi connectivity index (χ1) is 8.61. The molecule has 7 heteroatoms. The third kappa shape index (κ3) is 3.20. The van der Waals surface area contributed by atoms with Crippen molar-refractivity contribution >= 4 is 43.2 Å². The highest BCUT2D eigenvalue weighted by Gasteiger charge is 2.16. The van der Waals surface area contributed by atoms with E-state index < -0.39 is 0 Å². The van der Waals surface area contributed by atoms with Crippen molar-refractivity contribution < 1.29 is 0 Å². The summed E-state index contributed by atoms with van der Waals surface area (Å²) in [6, 6.07) is 1.99. The van der Waals surface area contributed by atoms with Crippen LogP contribution in [-0.2, 0) is 13.0 Å². The van der Waals surface area contributed by atoms with Gasteiger partial charge in [0, 0.05) is 19.0 Å². The molecule has 0 aliphatic carbocycles. The van der Waals surface area contributed by atoms with Crippen molar-refractivity contribution in [2.75, 3.05) is 0 Å². The highest BCUT2D eigenvalue weighted by atomic mass is 79.9. The third-order valence-corrected chi connectivity index (χ3v) is 5.00. The van der Waals surface area contributed by atoms with Crippen LogP contribution in [-0.4, -0.2) is 14.8 Å². The number of nitrogens with zero attached hydrogens (tertiary/aromatic N) is 3. The Bertz CT molecular complexity index is 523. The number of aromatic nitrogens is 3. The van der Waals surface area contributed by atoms with Crippen LogP contribution < -0.4 is 5.73 Å². The molecule has 0 saturated heterocycles. The van der Waals surface area contributed by atoms with Crippen LogP contribution in [0, 0.1) is 0 Å². The maximum Gasteiger partial charge on any atom is 0.138 e. The van der Waals surface area contributed by atoms with Crippen LogP contribution in [0.25, 0.3) is 0 Å². The summed E-state index contributed by atoms with van der Waals surface area (Å²) in [5.41, 5.74) is 7.35. The van der Waals surface area contributed by atoms with Gasteiger partial charge in [-0.05, 0) is 49.9 Å². The number of hydrogen-bond acceptors (Lipinski definition) is 4. The molecule has 0 bridgehead atoms. The molecule has 0 amide bonds. The molecule has 1 unspecified atom stereocenters. The van der Waals surface area contributed by atoms with Crippen LogP contribution in [0.15, 0.2) is 20.0 Å². The molecule has 1 atom stereocenters. The smallest absolute Gasteiger partial charge is 0.138 e. The maximum absolute atomic E-state index is 6.24. The van der Waals surface area contributed by atoms with Crippen molar-refractivity contribution in [2.24, 2.45) is 5.73 Å². The summed E-state index contributed by atoms with van der Waals surface area (Å²) >= 11 is 8.64. The lowest BCUT2D eigenvalue weighted by Crippen LogP contribution is -2.17. The fourth-order valence-electron chi connectivity index (χ4n) is 1.76. The zero-order valence-electron chi connectivity index (χ0n) is 9.94. The molecule has 98 valence electrons. The first-order valence-corrected chi connectivity index (χ1v) is 8.09. The summed E-state index contributed by atoms with van der Waals surface area (Å²) < 4.78 is 4.08. The summed E-state index contributed by atoms with van der Waals surface area (Å²) in [4.78, 5) is 4.28. The molecule has 2 aromatic heterocycles. The van der Waals surface area contributed by atoms with E-state index in [-0.39, 0.29) is 6.04 Å². The average Bonchev–Trinajstić information content (AvgIpc) is 2.87. The van der Waals surface area contributed by atoms with Crippen LogP contribution in [0.2, 0.25) is 0 Å². The number of halogens is 2. The van der Waals surface area contributed by atoms with E-state index in [1.54, 1.807) is 17.7 Å². The topological polar surface area (TPSA) is 56.7 Å². The van der Waals surface area contributed by atoms with E-state index in [9.17, 15) is 0 Å². The Morgan fingerprint density at radius 2 is 2.28 bits per heavy atom. The average molecular weight is 394 g/mol. The minimum absolute atomic E-state index is 0.0678. The molecule has 0 spiro atoms. The second-order valence-corrected chi connectivity index (χ2v) is 7.74. The molecular formula is C11H14Br2N4S. The summed E-state index contributed by atoms with van der Waals surface area (Å²) in [5, 5.41) is 4.21. The van der Waals surface area contributed by atoms with Crippen LogP contribution in [0.1, 0.15) is 30.8 Å². The van der Waals surface area contributed by atoms with Gasteiger partial charge in [-0.15, -0.1) is 11.3 Å². The Labute approximate surface area is 127 Å². The van der Waals surface area contributed by atoms with Gasteiger partial charge in [0.1, 0.15) is 12.2 Å². The van der Waals surface area contributed by atoms with E-state index in [0.717, 1.165) is 31.9 Å². The first-order valence-electron chi connectivity index (χ1n) is 5.68. The van der Waals surface area contributed by atoms with Gasteiger partial charge in [-0.3, -0.25) is 4.68 Å². The molecule has 0 radical (unpaired) electrons. The van der Waals surface area contributed by atoms with Gasteiger partial charge in [0.25, 0.3) is 0 Å². The Morgan fingerprint density at radius 1 is 1.50 bits per heavy atom. The maximum atomic E-state index is 6.24. The van der Waals surface area contributed by atoms with Gasteiger partial charge in [-0.25, -0.2) is 4.98 Å². The van der Waals surface area contributed by atoms with Crippen molar-refractivity contribution in [3.05, 3.63) is 31.4 Å². The highest BCUT2D eigenvalue weighted by molar-refractivity contribution is 9.12. The fourth-order valence-corrected chi connectivity index (χ4v) is 4.76. The van der Waals surface area contributed by atoms with Crippen LogP contribution >= 0.6 is 43.2 Å². The van der Waals surface area contributed by atoms with Gasteiger partial charge in [-0.1, -0.05) is 6.92 Å². The van der Waals surface area contributed by atoms with Gasteiger partial charge in [0.05, 0.1) is 7.57 Å². The molecule has 2 N–H and O–H groups in total. The Kier molecular flexibility index (Phi) is 4.94. The van der Waals surface area contributed by atoms with Crippen molar-refractivity contribution in [3.63, 3.8) is 0 Å². The number of rotatable bonds is 5. The normalized spacial score (nSPS) is 12.9. The van der Waals surface area contributed by atoms with Crippen molar-refractivity contribution in [1.82, 2.24) is 14.8 Å². The summed E-state index contributed by atoms with van der Waals surface area (Å²) in [6.45, 7) is 3.01. The van der Waals surface area contributed by atoms with E-state index >= 15 is 0 Å². The zero-order valence-corrected chi connectivity index (χ0v) is 13.9. The predicted molar refractivity (Wildman–Crippen MR) is 80.7 cm³/mol. The minimum Gasteiger partial charge on any atom is -0.324 e. The van der Waals surface area contributed by atoms with E-state index in [2.05, 4.69) is 54.9 Å². The lowest BCUT2D eigenvalue weighted by molar-refractivity contribution is 0.548. The van der Waals surface area contributed by atoms with Gasteiger partial charge in [-0.2, -0.15) is 5.10 Å². The Hall–Kier alpha value is -0.240. The van der Waals surface area contributed by atoms with Gasteiger partial charge < -0.3 is 5.73 Å². The molecule has 18 heavy (non-hydrogen) atoms. The third-order valence-electron chi connectivity index (χ3n) is 2.62. The van der Waals surface area contributed by atoms with Crippen LogP contribution in [0.5, 0.6) is 0 Å². The standard InChI is InChI=1S/C11H14Br2N4S/c1-2-3-17-10(15-6-16-17)5-8(14)7-4-9(12)18-11(7)13/h4,6,8H,2-3,5,14H2,1H3. The first kappa shape index (κ1) is 14.2. The van der Waals surface area contributed by atoms with Crippen LogP contribution in [0.3, 0.4) is 0 Å². The monoisotopic (exact) mass is 392 g/mol. The summed E-state index contributed by atoms with van der Waals surface area (Å²) in [7, 11) is 0. The molecule has 0 saturated carbocycles. The number of thiophene rings is 1. The molecule has 0 fully saturated rings.